The molecule has 0 saturated heterocycles. The van der Waals surface area contributed by atoms with E-state index in [-0.39, 0.29) is 36.3 Å². The lowest BCUT2D eigenvalue weighted by atomic mass is 10.2. The normalized spacial score (nSPS) is 10.8. The maximum atomic E-state index is 12.0. The number of amides is 2. The number of hydrogen-bond acceptors (Lipinski definition) is 6. The van der Waals surface area contributed by atoms with Gasteiger partial charge in [0, 0.05) is 31.3 Å². The minimum atomic E-state index is -0.575. The van der Waals surface area contributed by atoms with E-state index in [9.17, 15) is 19.2 Å². The molecule has 0 atom stereocenters. The van der Waals surface area contributed by atoms with Crippen LogP contribution in [0, 0.1) is 6.92 Å². The van der Waals surface area contributed by atoms with Crippen LogP contribution in [0.25, 0.3) is 11.2 Å². The number of imidazole rings is 1. The molecule has 12 heteroatoms. The van der Waals surface area contributed by atoms with Crippen molar-refractivity contribution in [3.63, 3.8) is 0 Å². The number of nitrogens with zero attached hydrogens (tertiary/aromatic N) is 2. The first kappa shape index (κ1) is 23.1. The summed E-state index contributed by atoms with van der Waals surface area (Å²) < 4.78 is 6.83. The van der Waals surface area contributed by atoms with Gasteiger partial charge in [0.25, 0.3) is 5.56 Å². The molecule has 0 bridgehead atoms. The van der Waals surface area contributed by atoms with Crippen molar-refractivity contribution in [2.45, 2.75) is 32.6 Å². The number of carbonyl (C=O) groups is 2. The lowest BCUT2D eigenvalue weighted by Gasteiger charge is -2.10. The van der Waals surface area contributed by atoms with E-state index < -0.39 is 17.2 Å². The van der Waals surface area contributed by atoms with Crippen molar-refractivity contribution in [1.82, 2.24) is 30.4 Å². The molecule has 4 N–H and O–H groups in total. The van der Waals surface area contributed by atoms with Gasteiger partial charge in [0.05, 0.1) is 6.61 Å². The number of H-pyrrole nitrogens is 2. The molecule has 0 aliphatic heterocycles. The fourth-order valence-electron chi connectivity index (χ4n) is 2.96. The smallest absolute Gasteiger partial charge is 0.329 e. The van der Waals surface area contributed by atoms with Crippen LogP contribution in [0.5, 0.6) is 5.75 Å². The zero-order valence-electron chi connectivity index (χ0n) is 17.6. The highest BCUT2D eigenvalue weighted by Gasteiger charge is 2.12. The third-order valence-corrected chi connectivity index (χ3v) is 4.91. The summed E-state index contributed by atoms with van der Waals surface area (Å²) in [6, 6.07) is 5.30. The van der Waals surface area contributed by atoms with Crippen LogP contribution >= 0.6 is 11.6 Å². The van der Waals surface area contributed by atoms with Gasteiger partial charge in [0.2, 0.25) is 11.8 Å². The predicted molar refractivity (Wildman–Crippen MR) is 117 cm³/mol. The summed E-state index contributed by atoms with van der Waals surface area (Å²) in [6.45, 7) is 2.23. The van der Waals surface area contributed by atoms with E-state index in [0.717, 1.165) is 5.56 Å². The summed E-state index contributed by atoms with van der Waals surface area (Å²) >= 11 is 5.90. The lowest BCUT2D eigenvalue weighted by molar-refractivity contribution is -0.129. The highest BCUT2D eigenvalue weighted by Crippen LogP contribution is 2.21. The Morgan fingerprint density at radius 3 is 2.59 bits per heavy atom. The van der Waals surface area contributed by atoms with E-state index in [4.69, 9.17) is 16.3 Å². The van der Waals surface area contributed by atoms with Gasteiger partial charge >= 0.3 is 5.69 Å². The summed E-state index contributed by atoms with van der Waals surface area (Å²) in [5.41, 5.74) is 4.80. The van der Waals surface area contributed by atoms with Crippen LogP contribution in [0.15, 0.2) is 27.8 Å². The van der Waals surface area contributed by atoms with Crippen LogP contribution in [0.4, 0.5) is 0 Å². The number of ether oxygens (including phenoxy) is 1. The minimum absolute atomic E-state index is 0.0188. The first-order chi connectivity index (χ1) is 15.2. The fourth-order valence-corrected chi connectivity index (χ4v) is 3.18. The van der Waals surface area contributed by atoms with Gasteiger partial charge in [0.15, 0.2) is 5.65 Å². The number of carbonyl (C=O) groups excluding carboxylic acids is 2. The van der Waals surface area contributed by atoms with Crippen molar-refractivity contribution in [2.24, 2.45) is 7.05 Å². The Morgan fingerprint density at radius 1 is 1.16 bits per heavy atom. The molecule has 0 spiro atoms. The fraction of sp³-hybridized carbons (Fsp3) is 0.350. The number of benzene rings is 1. The van der Waals surface area contributed by atoms with Crippen molar-refractivity contribution in [1.29, 1.82) is 0 Å². The number of halogens is 1. The van der Waals surface area contributed by atoms with E-state index in [1.165, 1.54) is 11.6 Å². The second-order valence-corrected chi connectivity index (χ2v) is 7.60. The number of aromatic nitrogens is 4. The molecule has 1 aromatic carbocycles. The van der Waals surface area contributed by atoms with E-state index >= 15 is 0 Å². The van der Waals surface area contributed by atoms with Gasteiger partial charge in [-0.2, -0.15) is 0 Å². The van der Waals surface area contributed by atoms with E-state index in [2.05, 4.69) is 25.8 Å². The van der Waals surface area contributed by atoms with E-state index in [1.807, 2.05) is 6.92 Å². The Labute approximate surface area is 187 Å². The van der Waals surface area contributed by atoms with Gasteiger partial charge in [-0.05, 0) is 37.1 Å². The average molecular weight is 463 g/mol. The molecule has 2 heterocycles. The standard InChI is InChI=1S/C20H23ClN6O5/c1-11-10-12(21)5-6-13(11)32-9-3-4-15(28)25-26-16(29)8-7-14-22-17-18(23-14)27(2)20(31)24-19(17)30/h5-6,10H,3-4,7-9H2,1-2H3,(H,22,23)(H,25,28)(H,26,29)(H,24,30,31). The number of rotatable bonds is 8. The second kappa shape index (κ2) is 10.1. The SMILES string of the molecule is Cc1cc(Cl)ccc1OCCCC(=O)NNC(=O)CCc1nc2c([nH]1)c(=O)[nH]c(=O)n2C. The maximum Gasteiger partial charge on any atom is 0.329 e. The molecule has 170 valence electrons. The largest absolute Gasteiger partial charge is 0.493 e. The molecule has 11 nitrogen and oxygen atoms in total. The zero-order valence-corrected chi connectivity index (χ0v) is 18.3. The highest BCUT2D eigenvalue weighted by molar-refractivity contribution is 6.30. The summed E-state index contributed by atoms with van der Waals surface area (Å²) in [6.07, 6.45) is 0.854. The quantitative estimate of drug-likeness (QED) is 0.288. The molecular weight excluding hydrogens is 440 g/mol. The molecule has 2 aromatic heterocycles. The van der Waals surface area contributed by atoms with Crippen molar-refractivity contribution in [3.8, 4) is 5.75 Å². The predicted octanol–water partition coefficient (Wildman–Crippen LogP) is 0.851. The summed E-state index contributed by atoms with van der Waals surface area (Å²) in [5, 5.41) is 0.629. The number of hydrazine groups is 1. The van der Waals surface area contributed by atoms with Crippen molar-refractivity contribution >= 4 is 34.6 Å². The first-order valence-electron chi connectivity index (χ1n) is 9.89. The van der Waals surface area contributed by atoms with Gasteiger partial charge in [0.1, 0.15) is 17.1 Å². The number of fused-ring (bicyclic) bond motifs is 1. The Bertz CT molecular complexity index is 1260. The molecule has 32 heavy (non-hydrogen) atoms. The van der Waals surface area contributed by atoms with Crippen LogP contribution in [0.1, 0.15) is 30.7 Å². The third-order valence-electron chi connectivity index (χ3n) is 4.68. The number of aryl methyl sites for hydroxylation is 3. The molecule has 0 fully saturated rings. The summed E-state index contributed by atoms with van der Waals surface area (Å²) in [5.74, 6) is 0.313. The van der Waals surface area contributed by atoms with Crippen molar-refractivity contribution < 1.29 is 14.3 Å². The molecular formula is C20H23ClN6O5. The number of nitrogens with one attached hydrogen (secondary N) is 4. The van der Waals surface area contributed by atoms with Crippen LogP contribution in [-0.2, 0) is 23.1 Å². The lowest BCUT2D eigenvalue weighted by Crippen LogP contribution is -2.41. The first-order valence-corrected chi connectivity index (χ1v) is 10.3. The average Bonchev–Trinajstić information content (AvgIpc) is 3.18. The van der Waals surface area contributed by atoms with Gasteiger partial charge < -0.3 is 9.72 Å². The van der Waals surface area contributed by atoms with Crippen molar-refractivity contribution in [2.75, 3.05) is 6.61 Å². The molecule has 0 aliphatic carbocycles. The molecule has 0 unspecified atom stereocenters. The van der Waals surface area contributed by atoms with Crippen LogP contribution in [0.2, 0.25) is 5.02 Å². The van der Waals surface area contributed by atoms with E-state index in [1.54, 1.807) is 18.2 Å². The van der Waals surface area contributed by atoms with Gasteiger partial charge in [-0.1, -0.05) is 11.6 Å². The van der Waals surface area contributed by atoms with Gasteiger partial charge in [-0.15, -0.1) is 0 Å². The van der Waals surface area contributed by atoms with Crippen molar-refractivity contribution in [3.05, 3.63) is 55.4 Å². The van der Waals surface area contributed by atoms with E-state index in [0.29, 0.717) is 29.6 Å². The highest BCUT2D eigenvalue weighted by atomic mass is 35.5. The maximum absolute atomic E-state index is 12.0. The Hall–Kier alpha value is -3.60. The summed E-state index contributed by atoms with van der Waals surface area (Å²) in [7, 11) is 1.48. The zero-order chi connectivity index (χ0) is 23.3. The Morgan fingerprint density at radius 2 is 1.88 bits per heavy atom. The second-order valence-electron chi connectivity index (χ2n) is 7.16. The minimum Gasteiger partial charge on any atom is -0.493 e. The molecule has 0 saturated carbocycles. The van der Waals surface area contributed by atoms with Gasteiger partial charge in [-0.3, -0.25) is 34.8 Å². The monoisotopic (exact) mass is 462 g/mol. The van der Waals surface area contributed by atoms with Crippen LogP contribution in [0.3, 0.4) is 0 Å². The Kier molecular flexibility index (Phi) is 7.31. The number of aromatic amines is 2. The number of hydrogen-bond donors (Lipinski definition) is 4. The molecule has 3 aromatic rings. The van der Waals surface area contributed by atoms with Gasteiger partial charge in [-0.25, -0.2) is 9.78 Å². The molecule has 3 rings (SSSR count). The van der Waals surface area contributed by atoms with Crippen LogP contribution < -0.4 is 26.8 Å². The molecule has 0 aliphatic rings. The summed E-state index contributed by atoms with van der Waals surface area (Å²) in [4.78, 5) is 56.4. The third kappa shape index (κ3) is 5.76. The molecule has 0 radical (unpaired) electrons. The molecule has 2 amide bonds. The Balaban J connectivity index is 1.38. The van der Waals surface area contributed by atoms with Crippen LogP contribution in [-0.4, -0.2) is 37.9 Å². The topological polar surface area (TPSA) is 151 Å².